The summed E-state index contributed by atoms with van der Waals surface area (Å²) in [4.78, 5) is 21.0. The largest absolute Gasteiger partial charge is 0.307 e. The second-order valence-electron chi connectivity index (χ2n) is 6.20. The number of nitrogens with one attached hydrogen (secondary N) is 1. The third-order valence-electron chi connectivity index (χ3n) is 4.56. The van der Waals surface area contributed by atoms with Gasteiger partial charge in [0.25, 0.3) is 5.91 Å². The molecule has 0 fully saturated rings. The third-order valence-corrected chi connectivity index (χ3v) is 4.56. The lowest BCUT2D eigenvalue weighted by molar-refractivity contribution is 0.102. The van der Waals surface area contributed by atoms with Gasteiger partial charge in [-0.05, 0) is 55.0 Å². The highest BCUT2D eigenvalue weighted by atomic mass is 16.1. The molecule has 6 heteroatoms. The highest BCUT2D eigenvalue weighted by molar-refractivity contribution is 6.05. The van der Waals surface area contributed by atoms with Crippen molar-refractivity contribution in [3.63, 3.8) is 0 Å². The highest BCUT2D eigenvalue weighted by Crippen LogP contribution is 2.24. The predicted octanol–water partition coefficient (Wildman–Crippen LogP) is 3.18. The van der Waals surface area contributed by atoms with Crippen LogP contribution in [0.3, 0.4) is 0 Å². The van der Waals surface area contributed by atoms with Crippen molar-refractivity contribution in [2.75, 3.05) is 5.32 Å². The Balaban J connectivity index is 1.54. The molecule has 0 atom stereocenters. The van der Waals surface area contributed by atoms with Crippen LogP contribution in [-0.4, -0.2) is 25.7 Å². The Morgan fingerprint density at radius 1 is 1.08 bits per heavy atom. The topological polar surface area (TPSA) is 72.7 Å². The second kappa shape index (κ2) is 6.84. The number of carbonyl (C=O) groups excluding carboxylic acids is 1. The standard InChI is InChI=1S/C19H19N5O/c25-19(17-8-4-6-14-5-2-1-3-7-16(14)17)23-18-10-9-15(11-21-18)24-13-20-12-22-24/h4,6,8-13H,1-3,5,7H2,(H,21,23,25). The molecule has 1 aromatic carbocycles. The van der Waals surface area contributed by atoms with Gasteiger partial charge in [0, 0.05) is 5.56 Å². The van der Waals surface area contributed by atoms with E-state index in [1.54, 1.807) is 23.3 Å². The molecule has 25 heavy (non-hydrogen) atoms. The minimum absolute atomic E-state index is 0.0974. The molecule has 2 heterocycles. The number of aryl methyl sites for hydroxylation is 1. The van der Waals surface area contributed by atoms with Crippen LogP contribution in [0.1, 0.15) is 40.7 Å². The van der Waals surface area contributed by atoms with Gasteiger partial charge in [-0.25, -0.2) is 14.6 Å². The van der Waals surface area contributed by atoms with E-state index in [1.165, 1.54) is 30.3 Å². The zero-order valence-electron chi connectivity index (χ0n) is 13.9. The lowest BCUT2D eigenvalue weighted by atomic mass is 9.96. The van der Waals surface area contributed by atoms with Crippen molar-refractivity contribution in [3.8, 4) is 5.69 Å². The minimum atomic E-state index is -0.0974. The van der Waals surface area contributed by atoms with Gasteiger partial charge in [-0.1, -0.05) is 18.6 Å². The fourth-order valence-corrected chi connectivity index (χ4v) is 3.29. The van der Waals surface area contributed by atoms with Crippen molar-refractivity contribution in [3.05, 3.63) is 65.9 Å². The van der Waals surface area contributed by atoms with Crippen LogP contribution in [0.5, 0.6) is 0 Å². The molecule has 4 rings (SSSR count). The monoisotopic (exact) mass is 333 g/mol. The Kier molecular flexibility index (Phi) is 4.24. The first-order valence-corrected chi connectivity index (χ1v) is 8.54. The van der Waals surface area contributed by atoms with Gasteiger partial charge < -0.3 is 5.32 Å². The summed E-state index contributed by atoms with van der Waals surface area (Å²) in [5.74, 6) is 0.430. The van der Waals surface area contributed by atoms with Gasteiger partial charge in [0.2, 0.25) is 0 Å². The van der Waals surface area contributed by atoms with Crippen LogP contribution in [0, 0.1) is 0 Å². The van der Waals surface area contributed by atoms with Crippen molar-refractivity contribution in [2.45, 2.75) is 32.1 Å². The Morgan fingerprint density at radius 2 is 2.00 bits per heavy atom. The van der Waals surface area contributed by atoms with E-state index in [2.05, 4.69) is 26.4 Å². The number of benzene rings is 1. The van der Waals surface area contributed by atoms with Crippen molar-refractivity contribution >= 4 is 11.7 Å². The molecule has 0 saturated carbocycles. The van der Waals surface area contributed by atoms with Crippen LogP contribution in [0.25, 0.3) is 5.69 Å². The molecule has 6 nitrogen and oxygen atoms in total. The molecule has 0 bridgehead atoms. The molecular formula is C19H19N5O. The number of nitrogens with zero attached hydrogens (tertiary/aromatic N) is 4. The van der Waals surface area contributed by atoms with Gasteiger partial charge in [0.1, 0.15) is 18.5 Å². The number of fused-ring (bicyclic) bond motifs is 1. The van der Waals surface area contributed by atoms with E-state index in [0.29, 0.717) is 5.82 Å². The molecule has 1 aliphatic rings. The van der Waals surface area contributed by atoms with Crippen LogP contribution in [0.4, 0.5) is 5.82 Å². The minimum Gasteiger partial charge on any atom is -0.307 e. The van der Waals surface area contributed by atoms with Gasteiger partial charge in [-0.2, -0.15) is 5.10 Å². The first kappa shape index (κ1) is 15.5. The number of aromatic nitrogens is 4. The Bertz CT molecular complexity index is 871. The van der Waals surface area contributed by atoms with E-state index in [0.717, 1.165) is 30.5 Å². The summed E-state index contributed by atoms with van der Waals surface area (Å²) in [5.41, 5.74) is 4.06. The summed E-state index contributed by atoms with van der Waals surface area (Å²) in [6, 6.07) is 9.64. The molecule has 1 N–H and O–H groups in total. The molecule has 126 valence electrons. The van der Waals surface area contributed by atoms with Crippen LogP contribution >= 0.6 is 0 Å². The van der Waals surface area contributed by atoms with E-state index in [4.69, 9.17) is 0 Å². The number of hydrogen-bond acceptors (Lipinski definition) is 4. The normalized spacial score (nSPS) is 13.8. The summed E-state index contributed by atoms with van der Waals surface area (Å²) in [7, 11) is 0. The number of carbonyl (C=O) groups is 1. The maximum atomic E-state index is 12.7. The zero-order chi connectivity index (χ0) is 17.1. The molecule has 0 aliphatic heterocycles. The summed E-state index contributed by atoms with van der Waals surface area (Å²) >= 11 is 0. The van der Waals surface area contributed by atoms with E-state index < -0.39 is 0 Å². The van der Waals surface area contributed by atoms with Crippen LogP contribution in [0.2, 0.25) is 0 Å². The molecule has 1 amide bonds. The fourth-order valence-electron chi connectivity index (χ4n) is 3.29. The molecule has 2 aromatic heterocycles. The highest BCUT2D eigenvalue weighted by Gasteiger charge is 2.17. The van der Waals surface area contributed by atoms with Gasteiger partial charge in [-0.15, -0.1) is 0 Å². The summed E-state index contributed by atoms with van der Waals surface area (Å²) in [6.45, 7) is 0. The van der Waals surface area contributed by atoms with Crippen LogP contribution in [0.15, 0.2) is 49.2 Å². The Morgan fingerprint density at radius 3 is 2.80 bits per heavy atom. The number of pyridine rings is 1. The Hall–Kier alpha value is -3.02. The number of anilines is 1. The molecule has 0 radical (unpaired) electrons. The van der Waals surface area contributed by atoms with E-state index in [-0.39, 0.29) is 5.91 Å². The van der Waals surface area contributed by atoms with E-state index in [9.17, 15) is 4.79 Å². The van der Waals surface area contributed by atoms with Gasteiger partial charge in [0.15, 0.2) is 0 Å². The fraction of sp³-hybridized carbons (Fsp3) is 0.263. The summed E-state index contributed by atoms with van der Waals surface area (Å²) in [5, 5.41) is 6.97. The van der Waals surface area contributed by atoms with Gasteiger partial charge in [-0.3, -0.25) is 4.79 Å². The van der Waals surface area contributed by atoms with Crippen LogP contribution < -0.4 is 5.32 Å². The summed E-state index contributed by atoms with van der Waals surface area (Å²) < 4.78 is 1.62. The van der Waals surface area contributed by atoms with Crippen molar-refractivity contribution < 1.29 is 4.79 Å². The van der Waals surface area contributed by atoms with E-state index >= 15 is 0 Å². The zero-order valence-corrected chi connectivity index (χ0v) is 13.9. The maximum absolute atomic E-state index is 12.7. The molecule has 3 aromatic rings. The maximum Gasteiger partial charge on any atom is 0.257 e. The average molecular weight is 333 g/mol. The first-order chi connectivity index (χ1) is 12.3. The molecule has 1 aliphatic carbocycles. The smallest absolute Gasteiger partial charge is 0.257 e. The SMILES string of the molecule is O=C(Nc1ccc(-n2cncn2)cn1)c1cccc2c1CCCCC2. The molecule has 0 spiro atoms. The summed E-state index contributed by atoms with van der Waals surface area (Å²) in [6.07, 6.45) is 10.3. The van der Waals surface area contributed by atoms with Crippen molar-refractivity contribution in [1.82, 2.24) is 19.7 Å². The number of amides is 1. The quantitative estimate of drug-likeness (QED) is 0.747. The number of rotatable bonds is 3. The predicted molar refractivity (Wildman–Crippen MR) is 94.8 cm³/mol. The lowest BCUT2D eigenvalue weighted by Crippen LogP contribution is -2.16. The average Bonchev–Trinajstić information content (AvgIpc) is 3.07. The second-order valence-corrected chi connectivity index (χ2v) is 6.20. The van der Waals surface area contributed by atoms with Gasteiger partial charge >= 0.3 is 0 Å². The van der Waals surface area contributed by atoms with Gasteiger partial charge in [0.05, 0.1) is 11.9 Å². The first-order valence-electron chi connectivity index (χ1n) is 8.54. The molecule has 0 saturated heterocycles. The van der Waals surface area contributed by atoms with Crippen molar-refractivity contribution in [1.29, 1.82) is 0 Å². The third kappa shape index (κ3) is 3.28. The molecule has 0 unspecified atom stereocenters. The van der Waals surface area contributed by atoms with Crippen molar-refractivity contribution in [2.24, 2.45) is 0 Å². The lowest BCUT2D eigenvalue weighted by Gasteiger charge is -2.12. The van der Waals surface area contributed by atoms with Crippen LogP contribution in [-0.2, 0) is 12.8 Å². The van der Waals surface area contributed by atoms with E-state index in [1.807, 2.05) is 18.2 Å². The number of hydrogen-bond donors (Lipinski definition) is 1. The Labute approximate surface area is 145 Å². The molecular weight excluding hydrogens is 314 g/mol.